The van der Waals surface area contributed by atoms with Crippen molar-refractivity contribution in [1.82, 2.24) is 4.31 Å². The molecular formula is C18H22FN2O2S+. The molecule has 3 rings (SSSR count). The molecule has 0 atom stereocenters. The van der Waals surface area contributed by atoms with Gasteiger partial charge in [-0.15, -0.1) is 0 Å². The molecule has 0 aromatic heterocycles. The smallest absolute Gasteiger partial charge is 0.246 e. The minimum Gasteiger partial charge on any atom is -0.332 e. The Bertz CT molecular complexity index is 773. The van der Waals surface area contributed by atoms with E-state index in [0.717, 1.165) is 26.1 Å². The summed E-state index contributed by atoms with van der Waals surface area (Å²) in [6, 6.07) is 15.9. The predicted molar refractivity (Wildman–Crippen MR) is 90.9 cm³/mol. The summed E-state index contributed by atoms with van der Waals surface area (Å²) < 4.78 is 40.4. The second-order valence-corrected chi connectivity index (χ2v) is 7.98. The summed E-state index contributed by atoms with van der Waals surface area (Å²) in [7, 11) is -3.74. The van der Waals surface area contributed by atoms with Crippen molar-refractivity contribution < 1.29 is 17.7 Å². The third kappa shape index (κ3) is 3.83. The van der Waals surface area contributed by atoms with E-state index in [1.54, 1.807) is 6.07 Å². The van der Waals surface area contributed by atoms with Gasteiger partial charge in [-0.3, -0.25) is 0 Å². The molecule has 0 unspecified atom stereocenters. The SMILES string of the molecule is O=S(=O)(c1ccccc1F)N1CC[NH+](CCc2ccccc2)CC1. The highest BCUT2D eigenvalue weighted by Crippen LogP contribution is 2.18. The zero-order valence-corrected chi connectivity index (χ0v) is 14.3. The highest BCUT2D eigenvalue weighted by molar-refractivity contribution is 7.89. The lowest BCUT2D eigenvalue weighted by molar-refractivity contribution is -0.903. The number of hydrogen-bond acceptors (Lipinski definition) is 2. The van der Waals surface area contributed by atoms with E-state index in [1.165, 1.54) is 33.0 Å². The lowest BCUT2D eigenvalue weighted by atomic mass is 10.1. The molecule has 1 heterocycles. The van der Waals surface area contributed by atoms with Gasteiger partial charge >= 0.3 is 0 Å². The summed E-state index contributed by atoms with van der Waals surface area (Å²) in [6.07, 6.45) is 0.982. The van der Waals surface area contributed by atoms with Gasteiger partial charge in [-0.1, -0.05) is 42.5 Å². The van der Waals surface area contributed by atoms with Crippen molar-refractivity contribution in [3.63, 3.8) is 0 Å². The number of rotatable bonds is 5. The Morgan fingerprint density at radius 1 is 0.958 bits per heavy atom. The number of benzene rings is 2. The number of piperazine rings is 1. The first-order valence-corrected chi connectivity index (χ1v) is 9.63. The molecule has 0 saturated carbocycles. The maximum absolute atomic E-state index is 13.8. The van der Waals surface area contributed by atoms with Crippen LogP contribution in [0.4, 0.5) is 4.39 Å². The number of nitrogens with zero attached hydrogens (tertiary/aromatic N) is 1. The number of hydrogen-bond donors (Lipinski definition) is 1. The first kappa shape index (κ1) is 17.1. The average molecular weight is 349 g/mol. The average Bonchev–Trinajstić information content (AvgIpc) is 2.61. The summed E-state index contributed by atoms with van der Waals surface area (Å²) in [6.45, 7) is 3.35. The first-order valence-electron chi connectivity index (χ1n) is 8.19. The standard InChI is InChI=1S/C18H21FN2O2S/c19-17-8-4-5-9-18(17)24(22,23)21-14-12-20(13-15-21)11-10-16-6-2-1-3-7-16/h1-9H,10-15H2/p+1. The van der Waals surface area contributed by atoms with Crippen LogP contribution in [0.1, 0.15) is 5.56 Å². The Morgan fingerprint density at radius 2 is 1.58 bits per heavy atom. The van der Waals surface area contributed by atoms with Crippen LogP contribution in [0.15, 0.2) is 59.5 Å². The molecule has 0 radical (unpaired) electrons. The summed E-state index contributed by atoms with van der Waals surface area (Å²) in [5.74, 6) is -0.684. The van der Waals surface area contributed by atoms with Crippen molar-refractivity contribution in [3.05, 3.63) is 66.0 Å². The van der Waals surface area contributed by atoms with E-state index in [1.807, 2.05) is 18.2 Å². The van der Waals surface area contributed by atoms with E-state index in [-0.39, 0.29) is 4.90 Å². The van der Waals surface area contributed by atoms with Crippen molar-refractivity contribution in [2.45, 2.75) is 11.3 Å². The molecule has 1 saturated heterocycles. The zero-order valence-electron chi connectivity index (χ0n) is 13.5. The minimum absolute atomic E-state index is 0.224. The Kier molecular flexibility index (Phi) is 5.28. The number of sulfonamides is 1. The second-order valence-electron chi connectivity index (χ2n) is 6.07. The molecule has 1 aliphatic rings. The molecule has 4 nitrogen and oxygen atoms in total. The lowest BCUT2D eigenvalue weighted by Gasteiger charge is -2.31. The van der Waals surface area contributed by atoms with E-state index >= 15 is 0 Å². The van der Waals surface area contributed by atoms with Crippen molar-refractivity contribution in [3.8, 4) is 0 Å². The van der Waals surface area contributed by atoms with Crippen LogP contribution in [-0.4, -0.2) is 45.4 Å². The Balaban J connectivity index is 1.58. The molecule has 1 fully saturated rings. The molecule has 0 amide bonds. The van der Waals surface area contributed by atoms with Gasteiger partial charge in [-0.05, 0) is 17.7 Å². The van der Waals surface area contributed by atoms with E-state index in [0.29, 0.717) is 13.1 Å². The monoisotopic (exact) mass is 349 g/mol. The summed E-state index contributed by atoms with van der Waals surface area (Å²) in [5, 5.41) is 0. The van der Waals surface area contributed by atoms with Gasteiger partial charge in [0.2, 0.25) is 10.0 Å². The maximum atomic E-state index is 13.8. The van der Waals surface area contributed by atoms with Crippen molar-refractivity contribution in [2.24, 2.45) is 0 Å². The first-order chi connectivity index (χ1) is 11.6. The fraction of sp³-hybridized carbons (Fsp3) is 0.333. The zero-order chi connectivity index (χ0) is 17.0. The quantitative estimate of drug-likeness (QED) is 0.874. The Labute approximate surface area is 142 Å². The molecule has 0 bridgehead atoms. The number of halogens is 1. The Hall–Kier alpha value is -1.76. The molecule has 0 spiro atoms. The van der Waals surface area contributed by atoms with Crippen molar-refractivity contribution >= 4 is 10.0 Å². The molecule has 128 valence electrons. The van der Waals surface area contributed by atoms with Crippen molar-refractivity contribution in [1.29, 1.82) is 0 Å². The molecular weight excluding hydrogens is 327 g/mol. The third-order valence-electron chi connectivity index (χ3n) is 4.49. The third-order valence-corrected chi connectivity index (χ3v) is 6.43. The van der Waals surface area contributed by atoms with Crippen LogP contribution < -0.4 is 4.90 Å². The highest BCUT2D eigenvalue weighted by atomic mass is 32.2. The summed E-state index contributed by atoms with van der Waals surface area (Å²) in [5.41, 5.74) is 1.30. The predicted octanol–water partition coefficient (Wildman–Crippen LogP) is 0.958. The largest absolute Gasteiger partial charge is 0.332 e. The van der Waals surface area contributed by atoms with Gasteiger partial charge in [-0.2, -0.15) is 4.31 Å². The van der Waals surface area contributed by atoms with Gasteiger partial charge < -0.3 is 4.90 Å². The van der Waals surface area contributed by atoms with Crippen LogP contribution >= 0.6 is 0 Å². The molecule has 0 aliphatic carbocycles. The fourth-order valence-electron chi connectivity index (χ4n) is 3.05. The maximum Gasteiger partial charge on any atom is 0.246 e. The summed E-state index contributed by atoms with van der Waals surface area (Å²) in [4.78, 5) is 1.16. The second kappa shape index (κ2) is 7.42. The normalized spacial score (nSPS) is 17.0. The fourth-order valence-corrected chi connectivity index (χ4v) is 4.56. The topological polar surface area (TPSA) is 41.8 Å². The highest BCUT2D eigenvalue weighted by Gasteiger charge is 2.31. The Morgan fingerprint density at radius 3 is 2.25 bits per heavy atom. The van der Waals surface area contributed by atoms with Gasteiger partial charge in [0.25, 0.3) is 0 Å². The van der Waals surface area contributed by atoms with Crippen LogP contribution in [0.2, 0.25) is 0 Å². The van der Waals surface area contributed by atoms with Gasteiger partial charge in [0, 0.05) is 6.42 Å². The molecule has 2 aromatic carbocycles. The van der Waals surface area contributed by atoms with Crippen LogP contribution in [-0.2, 0) is 16.4 Å². The van der Waals surface area contributed by atoms with E-state index in [4.69, 9.17) is 0 Å². The molecule has 2 aromatic rings. The van der Waals surface area contributed by atoms with E-state index in [9.17, 15) is 12.8 Å². The number of quaternary nitrogens is 1. The van der Waals surface area contributed by atoms with E-state index in [2.05, 4.69) is 12.1 Å². The van der Waals surface area contributed by atoms with Crippen LogP contribution in [0.25, 0.3) is 0 Å². The molecule has 1 aliphatic heterocycles. The molecule has 1 N–H and O–H groups in total. The minimum atomic E-state index is -3.74. The van der Waals surface area contributed by atoms with Gasteiger partial charge in [0.15, 0.2) is 0 Å². The summed E-state index contributed by atoms with van der Waals surface area (Å²) >= 11 is 0. The van der Waals surface area contributed by atoms with Gasteiger partial charge in [-0.25, -0.2) is 12.8 Å². The van der Waals surface area contributed by atoms with Gasteiger partial charge in [0.05, 0.1) is 32.7 Å². The van der Waals surface area contributed by atoms with Gasteiger partial charge in [0.1, 0.15) is 10.7 Å². The van der Waals surface area contributed by atoms with E-state index < -0.39 is 15.8 Å². The van der Waals surface area contributed by atoms with Crippen LogP contribution in [0, 0.1) is 5.82 Å². The molecule has 24 heavy (non-hydrogen) atoms. The number of nitrogens with one attached hydrogen (secondary N) is 1. The van der Waals surface area contributed by atoms with Crippen molar-refractivity contribution in [2.75, 3.05) is 32.7 Å². The molecule has 6 heteroatoms. The van der Waals surface area contributed by atoms with Crippen LogP contribution in [0.3, 0.4) is 0 Å². The van der Waals surface area contributed by atoms with Crippen LogP contribution in [0.5, 0.6) is 0 Å². The lowest BCUT2D eigenvalue weighted by Crippen LogP contribution is -3.15.